The van der Waals surface area contributed by atoms with Gasteiger partial charge in [-0.25, -0.2) is 8.42 Å². The summed E-state index contributed by atoms with van der Waals surface area (Å²) < 4.78 is 27.4. The Morgan fingerprint density at radius 1 is 1.00 bits per heavy atom. The van der Waals surface area contributed by atoms with E-state index in [1.165, 1.54) is 10.4 Å². The molecule has 6 nitrogen and oxygen atoms in total. The Morgan fingerprint density at radius 2 is 1.69 bits per heavy atom. The molecule has 0 aromatic heterocycles. The third-order valence-corrected chi connectivity index (χ3v) is 7.03. The number of nitrogens with one attached hydrogen (secondary N) is 1. The van der Waals surface area contributed by atoms with Gasteiger partial charge in [-0.05, 0) is 29.0 Å². The normalized spacial score (nSPS) is 22.2. The number of imide groups is 1. The fraction of sp³-hybridized carbons (Fsp3) is 0.111. The van der Waals surface area contributed by atoms with Gasteiger partial charge in [0, 0.05) is 18.7 Å². The van der Waals surface area contributed by atoms with Gasteiger partial charge in [0.15, 0.2) is 0 Å². The zero-order chi connectivity index (χ0) is 18.3. The van der Waals surface area contributed by atoms with Gasteiger partial charge in [0.25, 0.3) is 11.1 Å². The molecular weight excluding hydrogens is 372 g/mol. The number of benzene rings is 2. The lowest BCUT2D eigenvalue weighted by Gasteiger charge is -2.30. The lowest BCUT2D eigenvalue weighted by atomic mass is 10.0. The number of carbonyl (C=O) groups is 2. The van der Waals surface area contributed by atoms with E-state index in [4.69, 9.17) is 0 Å². The van der Waals surface area contributed by atoms with Gasteiger partial charge in [-0.1, -0.05) is 48.5 Å². The van der Waals surface area contributed by atoms with E-state index in [2.05, 4.69) is 5.32 Å². The van der Waals surface area contributed by atoms with E-state index in [0.29, 0.717) is 11.1 Å². The van der Waals surface area contributed by atoms with E-state index >= 15 is 0 Å². The maximum Gasteiger partial charge on any atom is 0.290 e. The van der Waals surface area contributed by atoms with Crippen LogP contribution in [0.5, 0.6) is 0 Å². The maximum absolute atomic E-state index is 13.0. The van der Waals surface area contributed by atoms with Crippen LogP contribution in [0, 0.1) is 0 Å². The van der Waals surface area contributed by atoms with Crippen molar-refractivity contribution in [2.75, 3.05) is 6.54 Å². The summed E-state index contributed by atoms with van der Waals surface area (Å²) in [5.74, 6) is -0.483. The summed E-state index contributed by atoms with van der Waals surface area (Å²) in [4.78, 5) is 24.1. The molecule has 0 saturated carbocycles. The molecule has 0 spiro atoms. The van der Waals surface area contributed by atoms with Crippen molar-refractivity contribution in [1.29, 1.82) is 0 Å². The van der Waals surface area contributed by atoms with Gasteiger partial charge in [-0.2, -0.15) is 4.31 Å². The summed E-state index contributed by atoms with van der Waals surface area (Å²) in [6, 6.07) is 15.8. The molecule has 2 aliphatic heterocycles. The Kier molecular flexibility index (Phi) is 4.18. The summed E-state index contributed by atoms with van der Waals surface area (Å²) in [6.45, 7) is 0.228. The van der Waals surface area contributed by atoms with E-state index in [9.17, 15) is 18.0 Å². The molecule has 1 N–H and O–H groups in total. The number of amides is 2. The van der Waals surface area contributed by atoms with Crippen LogP contribution in [0.15, 0.2) is 64.4 Å². The lowest BCUT2D eigenvalue weighted by molar-refractivity contribution is -0.115. The van der Waals surface area contributed by atoms with Gasteiger partial charge in [-0.15, -0.1) is 0 Å². The van der Waals surface area contributed by atoms with E-state index < -0.39 is 21.2 Å². The first kappa shape index (κ1) is 17.0. The topological polar surface area (TPSA) is 83.6 Å². The van der Waals surface area contributed by atoms with Crippen molar-refractivity contribution < 1.29 is 18.0 Å². The van der Waals surface area contributed by atoms with Crippen molar-refractivity contribution >= 4 is 38.5 Å². The highest BCUT2D eigenvalue weighted by Gasteiger charge is 2.38. The molecule has 26 heavy (non-hydrogen) atoms. The van der Waals surface area contributed by atoms with Crippen molar-refractivity contribution in [3.05, 3.63) is 70.6 Å². The number of thioether (sulfide) groups is 1. The maximum atomic E-state index is 13.0. The second-order valence-corrected chi connectivity index (χ2v) is 8.80. The summed E-state index contributed by atoms with van der Waals surface area (Å²) >= 11 is 0.811. The fourth-order valence-corrected chi connectivity index (χ4v) is 5.45. The number of rotatable bonds is 2. The van der Waals surface area contributed by atoms with Crippen LogP contribution in [-0.4, -0.2) is 30.4 Å². The first-order valence-corrected chi connectivity index (χ1v) is 10.1. The molecule has 8 heteroatoms. The summed E-state index contributed by atoms with van der Waals surface area (Å²) in [6.07, 6.45) is 0. The molecule has 0 radical (unpaired) electrons. The van der Waals surface area contributed by atoms with Crippen LogP contribution < -0.4 is 5.32 Å². The van der Waals surface area contributed by atoms with E-state index in [1.54, 1.807) is 18.2 Å². The number of sulfonamides is 1. The fourth-order valence-electron chi connectivity index (χ4n) is 3.06. The lowest BCUT2D eigenvalue weighted by Crippen LogP contribution is -2.37. The molecule has 1 saturated heterocycles. The van der Waals surface area contributed by atoms with Gasteiger partial charge < -0.3 is 0 Å². The Hall–Kier alpha value is -2.42. The zero-order valence-electron chi connectivity index (χ0n) is 13.5. The highest BCUT2D eigenvalue weighted by Crippen LogP contribution is 2.39. The number of hydrogen-bond acceptors (Lipinski definition) is 5. The van der Waals surface area contributed by atoms with Crippen LogP contribution in [0.25, 0.3) is 5.57 Å². The highest BCUT2D eigenvalue weighted by atomic mass is 32.2. The van der Waals surface area contributed by atoms with Crippen LogP contribution in [0.3, 0.4) is 0 Å². The molecule has 2 aliphatic rings. The molecule has 1 fully saturated rings. The van der Waals surface area contributed by atoms with Crippen molar-refractivity contribution in [3.8, 4) is 0 Å². The van der Waals surface area contributed by atoms with Gasteiger partial charge in [0.1, 0.15) is 0 Å². The molecule has 2 heterocycles. The summed E-state index contributed by atoms with van der Waals surface area (Å²) in [7, 11) is -3.70. The second-order valence-electron chi connectivity index (χ2n) is 5.91. The zero-order valence-corrected chi connectivity index (χ0v) is 15.1. The van der Waals surface area contributed by atoms with Crippen LogP contribution in [0.1, 0.15) is 11.1 Å². The average Bonchev–Trinajstić information content (AvgIpc) is 2.97. The standard InChI is InChI=1S/C18H14N2O4S2/c21-17-16(25-18(22)19-17)14-11-20(10-12-6-2-1-3-7-12)26(23,24)15-9-5-4-8-13(14)15/h1-9H,10-11H2,(H,19,21,22)/b16-14-. The Labute approximate surface area is 154 Å². The van der Waals surface area contributed by atoms with Crippen molar-refractivity contribution in [3.63, 3.8) is 0 Å². The molecule has 0 unspecified atom stereocenters. The first-order valence-electron chi connectivity index (χ1n) is 7.86. The second kappa shape index (κ2) is 6.39. The Morgan fingerprint density at radius 3 is 2.38 bits per heavy atom. The summed E-state index contributed by atoms with van der Waals surface area (Å²) in [5, 5.41) is 1.79. The molecule has 2 aromatic carbocycles. The average molecular weight is 386 g/mol. The number of fused-ring (bicyclic) bond motifs is 1. The van der Waals surface area contributed by atoms with Crippen LogP contribution in [0.4, 0.5) is 4.79 Å². The molecule has 4 rings (SSSR count). The SMILES string of the molecule is O=C1NC(=O)/C(=C2\CN(Cc3ccccc3)S(=O)(=O)c3ccccc32)S1. The van der Waals surface area contributed by atoms with Crippen LogP contribution in [0.2, 0.25) is 0 Å². The van der Waals surface area contributed by atoms with Crippen molar-refractivity contribution in [2.45, 2.75) is 11.4 Å². The number of hydrogen-bond donors (Lipinski definition) is 1. The van der Waals surface area contributed by atoms with Gasteiger partial charge in [0.05, 0.1) is 9.80 Å². The van der Waals surface area contributed by atoms with Gasteiger partial charge in [-0.3, -0.25) is 14.9 Å². The predicted octanol–water partition coefficient (Wildman–Crippen LogP) is 2.59. The summed E-state index contributed by atoms with van der Waals surface area (Å²) in [5.41, 5.74) is 1.88. The predicted molar refractivity (Wildman–Crippen MR) is 98.5 cm³/mol. The molecule has 132 valence electrons. The third kappa shape index (κ3) is 2.86. The quantitative estimate of drug-likeness (QED) is 0.802. The largest absolute Gasteiger partial charge is 0.290 e. The molecule has 0 bridgehead atoms. The van der Waals surface area contributed by atoms with Crippen LogP contribution >= 0.6 is 11.8 Å². The van der Waals surface area contributed by atoms with Gasteiger partial charge in [0.2, 0.25) is 10.0 Å². The Balaban J connectivity index is 1.86. The number of nitrogens with zero attached hydrogens (tertiary/aromatic N) is 1. The molecule has 2 amide bonds. The van der Waals surface area contributed by atoms with E-state index in [1.807, 2.05) is 30.3 Å². The molecule has 0 aliphatic carbocycles. The van der Waals surface area contributed by atoms with Crippen molar-refractivity contribution in [1.82, 2.24) is 9.62 Å². The Bertz CT molecular complexity index is 1050. The third-order valence-electron chi connectivity index (χ3n) is 4.26. The first-order chi connectivity index (χ1) is 12.5. The molecule has 0 atom stereocenters. The molecule has 2 aromatic rings. The van der Waals surface area contributed by atoms with Gasteiger partial charge >= 0.3 is 0 Å². The van der Waals surface area contributed by atoms with E-state index in [0.717, 1.165) is 17.3 Å². The van der Waals surface area contributed by atoms with Crippen LogP contribution in [-0.2, 0) is 21.4 Å². The molecular formula is C18H14N2O4S2. The minimum atomic E-state index is -3.70. The van der Waals surface area contributed by atoms with E-state index in [-0.39, 0.29) is 22.9 Å². The highest BCUT2D eigenvalue weighted by molar-refractivity contribution is 8.18. The number of carbonyl (C=O) groups excluding carboxylic acids is 2. The monoisotopic (exact) mass is 386 g/mol. The minimum absolute atomic E-state index is 0.0390. The minimum Gasteiger partial charge on any atom is -0.282 e. The smallest absolute Gasteiger partial charge is 0.282 e. The van der Waals surface area contributed by atoms with Crippen molar-refractivity contribution in [2.24, 2.45) is 0 Å².